The number of aromatic hydroxyl groups is 2. The third-order valence-electron chi connectivity index (χ3n) is 1.71. The zero-order valence-corrected chi connectivity index (χ0v) is 6.75. The molecule has 4 nitrogen and oxygen atoms in total. The first-order chi connectivity index (χ1) is 6.27. The molecule has 0 aliphatic carbocycles. The lowest BCUT2D eigenvalue weighted by Gasteiger charge is -2.04. The summed E-state index contributed by atoms with van der Waals surface area (Å²) < 4.78 is 1.48. The fourth-order valence-corrected chi connectivity index (χ4v) is 1.11. The molecule has 4 heteroatoms. The molecular weight excluding hydrogens is 168 g/mol. The van der Waals surface area contributed by atoms with Gasteiger partial charge in [-0.15, -0.1) is 0 Å². The second kappa shape index (κ2) is 2.82. The van der Waals surface area contributed by atoms with Gasteiger partial charge in [0.25, 0.3) is 0 Å². The van der Waals surface area contributed by atoms with Crippen molar-refractivity contribution in [1.82, 2.24) is 9.78 Å². The molecule has 2 rings (SSSR count). The largest absolute Gasteiger partial charge is 0.508 e. The first kappa shape index (κ1) is 7.67. The van der Waals surface area contributed by atoms with Crippen LogP contribution < -0.4 is 0 Å². The summed E-state index contributed by atoms with van der Waals surface area (Å²) in [5.41, 5.74) is 0.463. The van der Waals surface area contributed by atoms with Crippen LogP contribution in [0.25, 0.3) is 5.69 Å². The zero-order valence-electron chi connectivity index (χ0n) is 6.75. The highest BCUT2D eigenvalue weighted by Gasteiger charge is 2.03. The Kier molecular flexibility index (Phi) is 1.66. The summed E-state index contributed by atoms with van der Waals surface area (Å²) >= 11 is 0. The van der Waals surface area contributed by atoms with Crippen LogP contribution in [-0.2, 0) is 0 Å². The van der Waals surface area contributed by atoms with E-state index in [1.54, 1.807) is 18.5 Å². The lowest BCUT2D eigenvalue weighted by atomic mass is 10.3. The Morgan fingerprint density at radius 2 is 2.08 bits per heavy atom. The van der Waals surface area contributed by atoms with Gasteiger partial charge in [-0.05, 0) is 18.2 Å². The van der Waals surface area contributed by atoms with Crippen molar-refractivity contribution in [2.24, 2.45) is 0 Å². The van der Waals surface area contributed by atoms with Crippen molar-refractivity contribution in [2.45, 2.75) is 0 Å². The highest BCUT2D eigenvalue weighted by Crippen LogP contribution is 2.24. The highest BCUT2D eigenvalue weighted by molar-refractivity contribution is 5.49. The third kappa shape index (κ3) is 1.33. The van der Waals surface area contributed by atoms with E-state index in [1.165, 1.54) is 22.9 Å². The Labute approximate surface area is 74.7 Å². The van der Waals surface area contributed by atoms with E-state index in [9.17, 15) is 10.2 Å². The van der Waals surface area contributed by atoms with E-state index in [2.05, 4.69) is 5.10 Å². The smallest absolute Gasteiger partial charge is 0.141 e. The zero-order chi connectivity index (χ0) is 9.26. The van der Waals surface area contributed by atoms with Gasteiger partial charge in [0.2, 0.25) is 0 Å². The van der Waals surface area contributed by atoms with Crippen molar-refractivity contribution in [3.8, 4) is 17.2 Å². The molecule has 0 aliphatic heterocycles. The second-order valence-electron chi connectivity index (χ2n) is 2.62. The summed E-state index contributed by atoms with van der Waals surface area (Å²) in [6, 6.07) is 6.03. The summed E-state index contributed by atoms with van der Waals surface area (Å²) in [7, 11) is 0. The van der Waals surface area contributed by atoms with E-state index in [-0.39, 0.29) is 11.5 Å². The molecule has 1 heterocycles. The predicted octanol–water partition coefficient (Wildman–Crippen LogP) is 1.28. The number of aromatic nitrogens is 2. The van der Waals surface area contributed by atoms with E-state index in [4.69, 9.17) is 0 Å². The molecule has 0 saturated heterocycles. The minimum absolute atomic E-state index is 0.0847. The van der Waals surface area contributed by atoms with E-state index < -0.39 is 0 Å². The quantitative estimate of drug-likeness (QED) is 0.643. The summed E-state index contributed by atoms with van der Waals surface area (Å²) in [4.78, 5) is 0. The van der Waals surface area contributed by atoms with Crippen LogP contribution in [0.5, 0.6) is 11.5 Å². The normalized spacial score (nSPS) is 10.2. The van der Waals surface area contributed by atoms with Gasteiger partial charge in [-0.2, -0.15) is 5.10 Å². The summed E-state index contributed by atoms with van der Waals surface area (Å²) in [5.74, 6) is 0.185. The van der Waals surface area contributed by atoms with Crippen molar-refractivity contribution in [3.05, 3.63) is 36.7 Å². The summed E-state index contributed by atoms with van der Waals surface area (Å²) in [6.45, 7) is 0. The van der Waals surface area contributed by atoms with E-state index in [0.717, 1.165) is 0 Å². The number of hydrogen-bond acceptors (Lipinski definition) is 3. The number of benzene rings is 1. The molecular formula is C9H8N2O2. The summed E-state index contributed by atoms with van der Waals surface area (Å²) in [6.07, 6.45) is 3.29. The van der Waals surface area contributed by atoms with Crippen LogP contribution in [0.3, 0.4) is 0 Å². The van der Waals surface area contributed by atoms with Gasteiger partial charge in [-0.1, -0.05) is 0 Å². The van der Waals surface area contributed by atoms with E-state index in [0.29, 0.717) is 5.69 Å². The number of hydrogen-bond donors (Lipinski definition) is 2. The Morgan fingerprint density at radius 1 is 1.23 bits per heavy atom. The third-order valence-corrected chi connectivity index (χ3v) is 1.71. The van der Waals surface area contributed by atoms with Crippen LogP contribution >= 0.6 is 0 Å². The average Bonchev–Trinajstić information content (AvgIpc) is 2.61. The van der Waals surface area contributed by atoms with Crippen molar-refractivity contribution < 1.29 is 10.2 Å². The van der Waals surface area contributed by atoms with Crippen LogP contribution in [0, 0.1) is 0 Å². The number of phenols is 2. The van der Waals surface area contributed by atoms with Gasteiger partial charge < -0.3 is 10.2 Å². The molecule has 0 fully saturated rings. The van der Waals surface area contributed by atoms with Crippen LogP contribution in [0.15, 0.2) is 36.7 Å². The second-order valence-corrected chi connectivity index (χ2v) is 2.62. The minimum Gasteiger partial charge on any atom is -0.508 e. The van der Waals surface area contributed by atoms with Crippen molar-refractivity contribution in [1.29, 1.82) is 0 Å². The highest BCUT2D eigenvalue weighted by atomic mass is 16.3. The maximum Gasteiger partial charge on any atom is 0.141 e. The number of rotatable bonds is 1. The molecule has 13 heavy (non-hydrogen) atoms. The first-order valence-corrected chi connectivity index (χ1v) is 3.79. The molecule has 0 aliphatic rings. The van der Waals surface area contributed by atoms with Gasteiger partial charge in [0.05, 0.1) is 0 Å². The Morgan fingerprint density at radius 3 is 2.77 bits per heavy atom. The molecule has 0 unspecified atom stereocenters. The van der Waals surface area contributed by atoms with E-state index in [1.807, 2.05) is 0 Å². The monoisotopic (exact) mass is 176 g/mol. The van der Waals surface area contributed by atoms with E-state index >= 15 is 0 Å². The Balaban J connectivity index is 2.57. The van der Waals surface area contributed by atoms with Gasteiger partial charge in [0.1, 0.15) is 17.2 Å². The molecule has 0 atom stereocenters. The van der Waals surface area contributed by atoms with Gasteiger partial charge in [-0.3, -0.25) is 0 Å². The van der Waals surface area contributed by atoms with Crippen molar-refractivity contribution >= 4 is 0 Å². The lowest BCUT2D eigenvalue weighted by Crippen LogP contribution is -1.93. The maximum absolute atomic E-state index is 9.43. The van der Waals surface area contributed by atoms with Crippen LogP contribution in [0.1, 0.15) is 0 Å². The molecule has 0 radical (unpaired) electrons. The molecule has 0 bridgehead atoms. The SMILES string of the molecule is Oc1ccc(O)c(-n2cccn2)c1. The fraction of sp³-hybridized carbons (Fsp3) is 0. The predicted molar refractivity (Wildman–Crippen MR) is 46.9 cm³/mol. The van der Waals surface area contributed by atoms with Gasteiger partial charge in [-0.25, -0.2) is 4.68 Å². The standard InChI is InChI=1S/C9H8N2O2/c12-7-2-3-9(13)8(6-7)11-5-1-4-10-11/h1-6,12-13H. The molecule has 1 aromatic heterocycles. The fourth-order valence-electron chi connectivity index (χ4n) is 1.11. The first-order valence-electron chi connectivity index (χ1n) is 3.79. The van der Waals surface area contributed by atoms with Gasteiger partial charge in [0.15, 0.2) is 0 Å². The molecule has 1 aromatic carbocycles. The number of nitrogens with zero attached hydrogens (tertiary/aromatic N) is 2. The molecule has 66 valence electrons. The molecule has 0 saturated carbocycles. The lowest BCUT2D eigenvalue weighted by molar-refractivity contribution is 0.456. The minimum atomic E-state index is 0.0847. The Hall–Kier alpha value is -1.97. The average molecular weight is 176 g/mol. The van der Waals surface area contributed by atoms with Crippen molar-refractivity contribution in [3.63, 3.8) is 0 Å². The van der Waals surface area contributed by atoms with Gasteiger partial charge in [0, 0.05) is 18.5 Å². The van der Waals surface area contributed by atoms with Crippen molar-refractivity contribution in [2.75, 3.05) is 0 Å². The molecule has 0 spiro atoms. The van der Waals surface area contributed by atoms with Gasteiger partial charge >= 0.3 is 0 Å². The Bertz CT molecular complexity index is 410. The molecule has 0 amide bonds. The summed E-state index contributed by atoms with van der Waals surface area (Å²) in [5, 5.41) is 22.6. The topological polar surface area (TPSA) is 58.3 Å². The van der Waals surface area contributed by atoms with Crippen LogP contribution in [0.4, 0.5) is 0 Å². The van der Waals surface area contributed by atoms with Crippen LogP contribution in [0.2, 0.25) is 0 Å². The van der Waals surface area contributed by atoms with Crippen LogP contribution in [-0.4, -0.2) is 20.0 Å². The molecule has 2 aromatic rings. The molecule has 2 N–H and O–H groups in total. The maximum atomic E-state index is 9.43. The number of phenolic OH excluding ortho intramolecular Hbond substituents is 2.